The number of nitrogen functional groups attached to an aromatic ring is 1. The largest absolute Gasteiger partial charge is 0.397 e. The van der Waals surface area contributed by atoms with Gasteiger partial charge in [-0.15, -0.1) is 16.4 Å². The first kappa shape index (κ1) is 13.3. The molecular formula is C13H16N4O2S. The van der Waals surface area contributed by atoms with E-state index in [-0.39, 0.29) is 17.9 Å². The first-order chi connectivity index (χ1) is 9.65. The third-order valence-electron chi connectivity index (χ3n) is 3.85. The van der Waals surface area contributed by atoms with Crippen molar-refractivity contribution >= 4 is 33.1 Å². The predicted molar refractivity (Wildman–Crippen MR) is 77.5 cm³/mol. The number of rotatable bonds is 5. The van der Waals surface area contributed by atoms with Crippen LogP contribution < -0.4 is 11.1 Å². The van der Waals surface area contributed by atoms with Crippen molar-refractivity contribution in [2.75, 3.05) is 18.9 Å². The van der Waals surface area contributed by atoms with Crippen molar-refractivity contribution in [3.05, 3.63) is 17.1 Å². The number of fused-ring (bicyclic) bond motifs is 1. The third kappa shape index (κ3) is 2.34. The molecule has 3 rings (SSSR count). The van der Waals surface area contributed by atoms with E-state index in [1.807, 2.05) is 0 Å². The lowest BCUT2D eigenvalue weighted by molar-refractivity contribution is 0.0945. The van der Waals surface area contributed by atoms with E-state index in [0.29, 0.717) is 21.9 Å². The number of hydrogen-bond donors (Lipinski definition) is 3. The third-order valence-corrected chi connectivity index (χ3v) is 4.95. The van der Waals surface area contributed by atoms with Gasteiger partial charge in [0.15, 0.2) is 0 Å². The van der Waals surface area contributed by atoms with Gasteiger partial charge in [0.25, 0.3) is 5.91 Å². The van der Waals surface area contributed by atoms with Gasteiger partial charge in [-0.25, -0.2) is 0 Å². The maximum atomic E-state index is 12.2. The molecule has 106 valence electrons. The molecule has 0 saturated heterocycles. The van der Waals surface area contributed by atoms with Crippen LogP contribution in [0.25, 0.3) is 10.2 Å². The van der Waals surface area contributed by atoms with Crippen LogP contribution in [-0.2, 0) is 0 Å². The molecule has 1 aliphatic carbocycles. The van der Waals surface area contributed by atoms with Crippen molar-refractivity contribution in [1.29, 1.82) is 0 Å². The molecule has 0 atom stereocenters. The van der Waals surface area contributed by atoms with E-state index in [2.05, 4.69) is 15.5 Å². The van der Waals surface area contributed by atoms with Gasteiger partial charge in [0.1, 0.15) is 9.71 Å². The second kappa shape index (κ2) is 4.99. The Kier molecular flexibility index (Phi) is 3.31. The quantitative estimate of drug-likeness (QED) is 0.768. The van der Waals surface area contributed by atoms with E-state index in [9.17, 15) is 4.79 Å². The molecule has 7 heteroatoms. The molecular weight excluding hydrogens is 276 g/mol. The highest BCUT2D eigenvalue weighted by molar-refractivity contribution is 7.21. The van der Waals surface area contributed by atoms with Gasteiger partial charge in [-0.1, -0.05) is 0 Å². The van der Waals surface area contributed by atoms with Gasteiger partial charge in [0.2, 0.25) is 0 Å². The van der Waals surface area contributed by atoms with Crippen molar-refractivity contribution in [3.63, 3.8) is 0 Å². The Balaban J connectivity index is 1.74. The number of amides is 1. The molecule has 0 unspecified atom stereocenters. The number of carbonyl (C=O) groups is 1. The Morgan fingerprint density at radius 2 is 2.35 bits per heavy atom. The van der Waals surface area contributed by atoms with Crippen LogP contribution in [0.15, 0.2) is 12.3 Å². The molecule has 2 aromatic heterocycles. The van der Waals surface area contributed by atoms with Gasteiger partial charge >= 0.3 is 0 Å². The normalized spacial score (nSPS) is 16.2. The summed E-state index contributed by atoms with van der Waals surface area (Å²) in [5.41, 5.74) is 6.55. The fourth-order valence-electron chi connectivity index (χ4n) is 2.32. The molecule has 2 heterocycles. The summed E-state index contributed by atoms with van der Waals surface area (Å²) in [6.07, 6.45) is 4.41. The second-order valence-electron chi connectivity index (χ2n) is 5.25. The fourth-order valence-corrected chi connectivity index (χ4v) is 3.27. The van der Waals surface area contributed by atoms with Crippen LogP contribution in [0, 0.1) is 5.41 Å². The van der Waals surface area contributed by atoms with Gasteiger partial charge in [0.05, 0.1) is 11.9 Å². The SMILES string of the molecule is Nc1c(C(=O)NCC2(CCO)CC2)sc2nnccc12. The van der Waals surface area contributed by atoms with Crippen LogP contribution in [0.5, 0.6) is 0 Å². The monoisotopic (exact) mass is 292 g/mol. The van der Waals surface area contributed by atoms with Gasteiger partial charge in [-0.2, -0.15) is 5.10 Å². The highest BCUT2D eigenvalue weighted by atomic mass is 32.1. The number of nitrogens with zero attached hydrogens (tertiary/aromatic N) is 2. The van der Waals surface area contributed by atoms with Crippen molar-refractivity contribution in [3.8, 4) is 0 Å². The molecule has 6 nitrogen and oxygen atoms in total. The number of anilines is 1. The molecule has 0 aliphatic heterocycles. The van der Waals surface area contributed by atoms with Gasteiger partial charge in [0, 0.05) is 18.5 Å². The van der Waals surface area contributed by atoms with Gasteiger partial charge in [-0.05, 0) is 30.7 Å². The Morgan fingerprint density at radius 3 is 3.00 bits per heavy atom. The highest BCUT2D eigenvalue weighted by Crippen LogP contribution is 2.48. The van der Waals surface area contributed by atoms with Crippen molar-refractivity contribution in [1.82, 2.24) is 15.5 Å². The zero-order valence-electron chi connectivity index (χ0n) is 10.9. The Hall–Kier alpha value is -1.73. The minimum Gasteiger partial charge on any atom is -0.397 e. The lowest BCUT2D eigenvalue weighted by atomic mass is 10.0. The number of carbonyl (C=O) groups excluding carboxylic acids is 1. The molecule has 0 spiro atoms. The summed E-state index contributed by atoms with van der Waals surface area (Å²) in [7, 11) is 0. The summed E-state index contributed by atoms with van der Waals surface area (Å²) in [5.74, 6) is -0.172. The van der Waals surface area contributed by atoms with Crippen LogP contribution in [0.1, 0.15) is 28.9 Å². The number of thiophene rings is 1. The zero-order chi connectivity index (χ0) is 14.2. The van der Waals surface area contributed by atoms with E-state index in [1.54, 1.807) is 12.3 Å². The molecule has 2 aromatic rings. The lowest BCUT2D eigenvalue weighted by Gasteiger charge is -2.14. The standard InChI is InChI=1S/C13H16N4O2S/c14-9-8-1-5-16-17-12(8)20-10(9)11(19)15-7-13(2-3-13)4-6-18/h1,5,18H,2-4,6-7,14H2,(H,15,19). The molecule has 0 aromatic carbocycles. The number of hydrogen-bond acceptors (Lipinski definition) is 6. The molecule has 4 N–H and O–H groups in total. The predicted octanol–water partition coefficient (Wildman–Crippen LogP) is 1.17. The minimum absolute atomic E-state index is 0.0929. The molecule has 1 amide bonds. The summed E-state index contributed by atoms with van der Waals surface area (Å²) in [4.78, 5) is 13.4. The first-order valence-electron chi connectivity index (χ1n) is 6.54. The Morgan fingerprint density at radius 1 is 1.55 bits per heavy atom. The highest BCUT2D eigenvalue weighted by Gasteiger charge is 2.42. The number of aliphatic hydroxyl groups excluding tert-OH is 1. The van der Waals surface area contributed by atoms with E-state index in [4.69, 9.17) is 10.8 Å². The average molecular weight is 292 g/mol. The van der Waals surface area contributed by atoms with Crippen LogP contribution in [0.2, 0.25) is 0 Å². The van der Waals surface area contributed by atoms with Crippen LogP contribution >= 0.6 is 11.3 Å². The Bertz CT molecular complexity index is 651. The number of aliphatic hydroxyl groups is 1. The molecule has 0 bridgehead atoms. The van der Waals surface area contributed by atoms with Crippen molar-refractivity contribution in [2.45, 2.75) is 19.3 Å². The lowest BCUT2D eigenvalue weighted by Crippen LogP contribution is -2.30. The number of nitrogens with one attached hydrogen (secondary N) is 1. The van der Waals surface area contributed by atoms with Gasteiger partial charge < -0.3 is 16.2 Å². The molecule has 1 saturated carbocycles. The van der Waals surface area contributed by atoms with Crippen LogP contribution in [0.3, 0.4) is 0 Å². The second-order valence-corrected chi connectivity index (χ2v) is 6.25. The molecule has 1 fully saturated rings. The van der Waals surface area contributed by atoms with E-state index < -0.39 is 0 Å². The number of nitrogens with two attached hydrogens (primary N) is 1. The number of aromatic nitrogens is 2. The van der Waals surface area contributed by atoms with Crippen molar-refractivity contribution in [2.24, 2.45) is 5.41 Å². The molecule has 20 heavy (non-hydrogen) atoms. The van der Waals surface area contributed by atoms with E-state index in [0.717, 1.165) is 24.6 Å². The fraction of sp³-hybridized carbons (Fsp3) is 0.462. The van der Waals surface area contributed by atoms with E-state index in [1.165, 1.54) is 11.3 Å². The molecule has 1 aliphatic rings. The molecule has 0 radical (unpaired) electrons. The smallest absolute Gasteiger partial charge is 0.263 e. The minimum atomic E-state index is -0.172. The summed E-state index contributed by atoms with van der Waals surface area (Å²) in [6.45, 7) is 0.752. The van der Waals surface area contributed by atoms with Crippen LogP contribution in [-0.4, -0.2) is 34.4 Å². The first-order valence-corrected chi connectivity index (χ1v) is 7.36. The summed E-state index contributed by atoms with van der Waals surface area (Å²) in [5, 5.41) is 20.5. The summed E-state index contributed by atoms with van der Waals surface area (Å²) < 4.78 is 0. The van der Waals surface area contributed by atoms with Crippen LogP contribution in [0.4, 0.5) is 5.69 Å². The van der Waals surface area contributed by atoms with E-state index >= 15 is 0 Å². The zero-order valence-corrected chi connectivity index (χ0v) is 11.7. The van der Waals surface area contributed by atoms with Crippen molar-refractivity contribution < 1.29 is 9.90 Å². The van der Waals surface area contributed by atoms with Gasteiger partial charge in [-0.3, -0.25) is 4.79 Å². The maximum absolute atomic E-state index is 12.2. The Labute approximate surface area is 120 Å². The summed E-state index contributed by atoms with van der Waals surface area (Å²) in [6, 6.07) is 1.76. The average Bonchev–Trinajstić information content (AvgIpc) is 3.14. The maximum Gasteiger partial charge on any atom is 0.263 e. The topological polar surface area (TPSA) is 101 Å². The summed E-state index contributed by atoms with van der Waals surface area (Å²) >= 11 is 1.26.